The lowest BCUT2D eigenvalue weighted by molar-refractivity contribution is -0.380. The summed E-state index contributed by atoms with van der Waals surface area (Å²) in [6.45, 7) is 1.67. The van der Waals surface area contributed by atoms with Crippen molar-refractivity contribution in [3.8, 4) is 0 Å². The van der Waals surface area contributed by atoms with Crippen LogP contribution in [0, 0.1) is 17.0 Å². The Bertz CT molecular complexity index is 648. The predicted molar refractivity (Wildman–Crippen MR) is 70.7 cm³/mol. The number of hydrogen-bond acceptors (Lipinski definition) is 8. The third kappa shape index (κ3) is 3.17. The molecule has 0 atom stereocenters. The molecule has 0 spiro atoms. The first-order valence-corrected chi connectivity index (χ1v) is 6.53. The number of rotatable bonds is 4. The van der Waals surface area contributed by atoms with Crippen molar-refractivity contribution < 1.29 is 9.72 Å². The third-order valence-electron chi connectivity index (χ3n) is 2.01. The highest BCUT2D eigenvalue weighted by Crippen LogP contribution is 2.22. The highest BCUT2D eigenvalue weighted by Gasteiger charge is 2.12. The maximum absolute atomic E-state index is 11.6. The van der Waals surface area contributed by atoms with Gasteiger partial charge in [-0.2, -0.15) is 5.10 Å². The van der Waals surface area contributed by atoms with E-state index >= 15 is 0 Å². The fourth-order valence-corrected chi connectivity index (χ4v) is 2.39. The van der Waals surface area contributed by atoms with Crippen LogP contribution in [0.4, 0.5) is 5.00 Å². The summed E-state index contributed by atoms with van der Waals surface area (Å²) in [6.07, 6.45) is 1.35. The van der Waals surface area contributed by atoms with Gasteiger partial charge in [0.25, 0.3) is 5.91 Å². The van der Waals surface area contributed by atoms with Gasteiger partial charge in [-0.3, -0.25) is 14.9 Å². The van der Waals surface area contributed by atoms with Gasteiger partial charge in [-0.15, -0.1) is 5.10 Å². The molecule has 0 aromatic carbocycles. The van der Waals surface area contributed by atoms with Gasteiger partial charge in [0.05, 0.1) is 21.7 Å². The number of aromatic nitrogens is 2. The molecule has 1 N–H and O–H groups in total. The van der Waals surface area contributed by atoms with Crippen LogP contribution in [0.15, 0.2) is 17.2 Å². The van der Waals surface area contributed by atoms with Crippen LogP contribution in [0.5, 0.6) is 0 Å². The van der Waals surface area contributed by atoms with Gasteiger partial charge in [-0.1, -0.05) is 15.8 Å². The molecule has 19 heavy (non-hydrogen) atoms. The predicted octanol–water partition coefficient (Wildman–Crippen LogP) is 1.58. The molecule has 2 aromatic rings. The van der Waals surface area contributed by atoms with Gasteiger partial charge < -0.3 is 0 Å². The van der Waals surface area contributed by atoms with Gasteiger partial charge in [0.2, 0.25) is 0 Å². The number of nitrogens with one attached hydrogen (secondary N) is 1. The molecular formula is C9H7N5O3S2. The summed E-state index contributed by atoms with van der Waals surface area (Å²) in [5.41, 5.74) is 2.84. The van der Waals surface area contributed by atoms with Gasteiger partial charge >= 0.3 is 5.00 Å². The molecular weight excluding hydrogens is 290 g/mol. The minimum absolute atomic E-state index is 0.0234. The highest BCUT2D eigenvalue weighted by atomic mass is 32.1. The zero-order chi connectivity index (χ0) is 13.8. The van der Waals surface area contributed by atoms with Crippen LogP contribution < -0.4 is 5.43 Å². The van der Waals surface area contributed by atoms with Crippen molar-refractivity contribution in [1.82, 2.24) is 15.0 Å². The summed E-state index contributed by atoms with van der Waals surface area (Å²) in [5.74, 6) is -0.408. The van der Waals surface area contributed by atoms with Gasteiger partial charge in [0.1, 0.15) is 4.88 Å². The zero-order valence-corrected chi connectivity index (χ0v) is 11.2. The van der Waals surface area contributed by atoms with Crippen LogP contribution in [-0.2, 0) is 0 Å². The van der Waals surface area contributed by atoms with E-state index in [4.69, 9.17) is 0 Å². The Labute approximate surface area is 115 Å². The van der Waals surface area contributed by atoms with E-state index in [-0.39, 0.29) is 5.00 Å². The standard InChI is InChI=1S/C9H7N5O3S2/c1-5-8(19-13-11-5)9(15)12-10-4-6-2-3-7(18-6)14(16)17/h2-4H,1H3,(H,12,15). The van der Waals surface area contributed by atoms with Crippen LogP contribution in [0.3, 0.4) is 0 Å². The Kier molecular flexibility index (Phi) is 3.92. The second kappa shape index (κ2) is 5.63. The summed E-state index contributed by atoms with van der Waals surface area (Å²) in [6, 6.07) is 2.93. The number of thiophene rings is 1. The van der Waals surface area contributed by atoms with E-state index in [9.17, 15) is 14.9 Å². The number of nitrogens with zero attached hydrogens (tertiary/aromatic N) is 4. The van der Waals surface area contributed by atoms with Crippen LogP contribution in [-0.4, -0.2) is 26.6 Å². The van der Waals surface area contributed by atoms with Crippen molar-refractivity contribution >= 4 is 40.0 Å². The van der Waals surface area contributed by atoms with Crippen LogP contribution in [0.25, 0.3) is 0 Å². The van der Waals surface area contributed by atoms with Crippen molar-refractivity contribution in [2.24, 2.45) is 5.10 Å². The molecule has 0 bridgehead atoms. The first-order valence-electron chi connectivity index (χ1n) is 4.94. The fraction of sp³-hybridized carbons (Fsp3) is 0.111. The average Bonchev–Trinajstić information content (AvgIpc) is 2.97. The summed E-state index contributed by atoms with van der Waals surface area (Å²) in [5, 5.41) is 17.9. The van der Waals surface area contributed by atoms with Gasteiger partial charge in [0, 0.05) is 6.07 Å². The Morgan fingerprint density at radius 2 is 2.37 bits per heavy atom. The fourth-order valence-electron chi connectivity index (χ4n) is 1.15. The molecule has 2 heterocycles. The van der Waals surface area contributed by atoms with E-state index in [1.807, 2.05) is 0 Å². The summed E-state index contributed by atoms with van der Waals surface area (Å²) in [7, 11) is 0. The molecule has 8 nitrogen and oxygen atoms in total. The largest absolute Gasteiger partial charge is 0.324 e. The van der Waals surface area contributed by atoms with Crippen LogP contribution in [0.2, 0.25) is 0 Å². The highest BCUT2D eigenvalue weighted by molar-refractivity contribution is 7.16. The van der Waals surface area contributed by atoms with Crippen molar-refractivity contribution in [3.05, 3.63) is 37.7 Å². The van der Waals surface area contributed by atoms with Gasteiger partial charge in [-0.25, -0.2) is 5.43 Å². The first-order chi connectivity index (χ1) is 9.08. The molecule has 0 aliphatic heterocycles. The molecule has 10 heteroatoms. The van der Waals surface area contributed by atoms with Gasteiger partial charge in [-0.05, 0) is 24.5 Å². The topological polar surface area (TPSA) is 110 Å². The average molecular weight is 297 g/mol. The Balaban J connectivity index is 1.98. The van der Waals surface area contributed by atoms with Crippen molar-refractivity contribution in [3.63, 3.8) is 0 Å². The van der Waals surface area contributed by atoms with E-state index in [0.29, 0.717) is 15.4 Å². The molecule has 0 aliphatic carbocycles. The monoisotopic (exact) mass is 297 g/mol. The summed E-state index contributed by atoms with van der Waals surface area (Å²) >= 11 is 1.95. The lowest BCUT2D eigenvalue weighted by Gasteiger charge is -1.94. The number of hydrogen-bond donors (Lipinski definition) is 1. The van der Waals surface area contributed by atoms with Crippen LogP contribution >= 0.6 is 22.9 Å². The van der Waals surface area contributed by atoms with Gasteiger partial charge in [0.15, 0.2) is 0 Å². The summed E-state index contributed by atoms with van der Waals surface area (Å²) in [4.78, 5) is 22.6. The number of nitro groups is 1. The molecule has 2 aromatic heterocycles. The molecule has 1 amide bonds. The lowest BCUT2D eigenvalue weighted by atomic mass is 10.4. The van der Waals surface area contributed by atoms with Crippen LogP contribution in [0.1, 0.15) is 20.2 Å². The van der Waals surface area contributed by atoms with E-state index in [1.54, 1.807) is 13.0 Å². The Hall–Kier alpha value is -2.20. The molecule has 0 saturated carbocycles. The summed E-state index contributed by atoms with van der Waals surface area (Å²) < 4.78 is 3.64. The van der Waals surface area contributed by atoms with Crippen molar-refractivity contribution in [2.75, 3.05) is 0 Å². The minimum Gasteiger partial charge on any atom is -0.266 e. The molecule has 98 valence electrons. The Morgan fingerprint density at radius 1 is 1.58 bits per heavy atom. The molecule has 0 radical (unpaired) electrons. The van der Waals surface area contributed by atoms with Crippen molar-refractivity contribution in [1.29, 1.82) is 0 Å². The van der Waals surface area contributed by atoms with E-state index < -0.39 is 10.8 Å². The first kappa shape index (κ1) is 13.2. The molecule has 2 rings (SSSR count). The molecule has 0 aliphatic rings. The second-order valence-electron chi connectivity index (χ2n) is 3.32. The SMILES string of the molecule is Cc1nnsc1C(=O)NN=Cc1ccc([N+](=O)[O-])s1. The third-order valence-corrected chi connectivity index (χ3v) is 3.81. The van der Waals surface area contributed by atoms with E-state index in [0.717, 1.165) is 22.9 Å². The van der Waals surface area contributed by atoms with E-state index in [1.165, 1.54) is 12.3 Å². The lowest BCUT2D eigenvalue weighted by Crippen LogP contribution is -2.17. The number of carbonyl (C=O) groups is 1. The molecule has 0 unspecified atom stereocenters. The molecule has 0 fully saturated rings. The quantitative estimate of drug-likeness (QED) is 0.523. The number of hydrazone groups is 1. The van der Waals surface area contributed by atoms with Crippen molar-refractivity contribution in [2.45, 2.75) is 6.92 Å². The second-order valence-corrected chi connectivity index (χ2v) is 5.17. The number of aryl methyl sites for hydroxylation is 1. The normalized spacial score (nSPS) is 10.8. The maximum atomic E-state index is 11.6. The zero-order valence-electron chi connectivity index (χ0n) is 9.56. The smallest absolute Gasteiger partial charge is 0.266 e. The molecule has 0 saturated heterocycles. The number of carbonyl (C=O) groups excluding carboxylic acids is 1. The minimum atomic E-state index is -0.479. The number of amides is 1. The Morgan fingerprint density at radius 3 is 2.95 bits per heavy atom. The van der Waals surface area contributed by atoms with E-state index in [2.05, 4.69) is 20.1 Å². The maximum Gasteiger partial charge on any atom is 0.324 e.